The van der Waals surface area contributed by atoms with Gasteiger partial charge in [0.2, 0.25) is 0 Å². The number of rotatable bonds is 5. The van der Waals surface area contributed by atoms with Crippen molar-refractivity contribution in [3.63, 3.8) is 0 Å². The molecule has 0 aliphatic rings. The smallest absolute Gasteiger partial charge is 0.309 e. The summed E-state index contributed by atoms with van der Waals surface area (Å²) in [5.41, 5.74) is 3.69. The Morgan fingerprint density at radius 2 is 1.86 bits per heavy atom. The normalized spacial score (nSPS) is 11.0. The SMILES string of the molecule is COc1ccc(CNC(=O)c2nnc(-c3oc4ccc(C)cc4c3C)o2)cc1. The van der Waals surface area contributed by atoms with Gasteiger partial charge >= 0.3 is 11.8 Å². The molecule has 0 radical (unpaired) electrons. The summed E-state index contributed by atoms with van der Waals surface area (Å²) < 4.78 is 16.5. The molecule has 0 saturated heterocycles. The molecule has 4 aromatic rings. The number of carbonyl (C=O) groups is 1. The third-order valence-electron chi connectivity index (χ3n) is 4.52. The first kappa shape index (κ1) is 17.8. The molecular formula is C21H19N3O4. The molecule has 0 bridgehead atoms. The number of nitrogens with one attached hydrogen (secondary N) is 1. The molecule has 28 heavy (non-hydrogen) atoms. The summed E-state index contributed by atoms with van der Waals surface area (Å²) in [7, 11) is 1.61. The third kappa shape index (κ3) is 3.34. The van der Waals surface area contributed by atoms with E-state index in [-0.39, 0.29) is 11.8 Å². The van der Waals surface area contributed by atoms with E-state index in [1.165, 1.54) is 0 Å². The van der Waals surface area contributed by atoms with Crippen LogP contribution in [0, 0.1) is 13.8 Å². The van der Waals surface area contributed by atoms with Gasteiger partial charge in [0.15, 0.2) is 5.76 Å². The van der Waals surface area contributed by atoms with Crippen LogP contribution in [0.5, 0.6) is 5.75 Å². The zero-order valence-electron chi connectivity index (χ0n) is 15.8. The number of fused-ring (bicyclic) bond motifs is 1. The highest BCUT2D eigenvalue weighted by Gasteiger charge is 2.21. The first-order chi connectivity index (χ1) is 13.5. The van der Waals surface area contributed by atoms with Gasteiger partial charge in [-0.3, -0.25) is 4.79 Å². The average Bonchev–Trinajstić information content (AvgIpc) is 3.32. The summed E-state index contributed by atoms with van der Waals surface area (Å²) >= 11 is 0. The Morgan fingerprint density at radius 3 is 2.61 bits per heavy atom. The van der Waals surface area contributed by atoms with E-state index in [4.69, 9.17) is 13.6 Å². The first-order valence-corrected chi connectivity index (χ1v) is 8.80. The third-order valence-corrected chi connectivity index (χ3v) is 4.52. The maximum Gasteiger partial charge on any atom is 0.309 e. The Balaban J connectivity index is 1.50. The van der Waals surface area contributed by atoms with Crippen molar-refractivity contribution in [3.05, 3.63) is 65.0 Å². The van der Waals surface area contributed by atoms with Crippen molar-refractivity contribution in [2.24, 2.45) is 0 Å². The Kier molecular flexibility index (Phi) is 4.57. The number of carbonyl (C=O) groups excluding carboxylic acids is 1. The molecule has 0 unspecified atom stereocenters. The number of benzene rings is 2. The van der Waals surface area contributed by atoms with Crippen molar-refractivity contribution in [1.29, 1.82) is 0 Å². The first-order valence-electron chi connectivity index (χ1n) is 8.80. The highest BCUT2D eigenvalue weighted by atomic mass is 16.5. The van der Waals surface area contributed by atoms with Crippen molar-refractivity contribution in [1.82, 2.24) is 15.5 Å². The van der Waals surface area contributed by atoms with Crippen molar-refractivity contribution < 1.29 is 18.4 Å². The number of furan rings is 1. The van der Waals surface area contributed by atoms with Crippen molar-refractivity contribution in [2.75, 3.05) is 7.11 Å². The molecule has 0 aliphatic carbocycles. The number of methoxy groups -OCH3 is 1. The Morgan fingerprint density at radius 1 is 1.07 bits per heavy atom. The van der Waals surface area contributed by atoms with E-state index >= 15 is 0 Å². The standard InChI is InChI=1S/C21H19N3O4/c1-12-4-9-17-16(10-12)13(2)18(27-17)20-23-24-21(28-20)19(25)22-11-14-5-7-15(26-3)8-6-14/h4-10H,11H2,1-3H3,(H,22,25). The topological polar surface area (TPSA) is 90.4 Å². The predicted octanol–water partition coefficient (Wildman–Crippen LogP) is 4.04. The van der Waals surface area contributed by atoms with Crippen molar-refractivity contribution in [2.45, 2.75) is 20.4 Å². The minimum atomic E-state index is -0.445. The van der Waals surface area contributed by atoms with Gasteiger partial charge in [0.05, 0.1) is 7.11 Å². The number of aromatic nitrogens is 2. The number of nitrogens with zero attached hydrogens (tertiary/aromatic N) is 2. The molecule has 2 aromatic heterocycles. The maximum absolute atomic E-state index is 12.3. The Labute approximate surface area is 161 Å². The zero-order chi connectivity index (χ0) is 19.7. The highest BCUT2D eigenvalue weighted by Crippen LogP contribution is 2.32. The quantitative estimate of drug-likeness (QED) is 0.564. The number of hydrogen-bond donors (Lipinski definition) is 1. The minimum absolute atomic E-state index is 0.112. The van der Waals surface area contributed by atoms with Crippen molar-refractivity contribution in [3.8, 4) is 17.4 Å². The molecule has 0 atom stereocenters. The molecule has 1 amide bonds. The fraction of sp³-hybridized carbons (Fsp3) is 0.190. The molecule has 2 aromatic carbocycles. The highest BCUT2D eigenvalue weighted by molar-refractivity contribution is 5.90. The minimum Gasteiger partial charge on any atom is -0.497 e. The van der Waals surface area contributed by atoms with Crippen molar-refractivity contribution >= 4 is 16.9 Å². The van der Waals surface area contributed by atoms with Crippen LogP contribution in [-0.4, -0.2) is 23.2 Å². The molecule has 0 spiro atoms. The van der Waals surface area contributed by atoms with Gasteiger partial charge in [-0.05, 0) is 43.7 Å². The van der Waals surface area contributed by atoms with Crippen LogP contribution in [0.15, 0.2) is 51.3 Å². The summed E-state index contributed by atoms with van der Waals surface area (Å²) in [5.74, 6) is 0.856. The summed E-state index contributed by atoms with van der Waals surface area (Å²) in [6, 6.07) is 13.3. The molecule has 0 fully saturated rings. The monoisotopic (exact) mass is 377 g/mol. The van der Waals surface area contributed by atoms with Crippen LogP contribution < -0.4 is 10.1 Å². The molecular weight excluding hydrogens is 358 g/mol. The summed E-state index contributed by atoms with van der Waals surface area (Å²) in [5, 5.41) is 11.6. The van der Waals surface area contributed by atoms with E-state index in [9.17, 15) is 4.79 Å². The van der Waals surface area contributed by atoms with Gasteiger partial charge in [-0.25, -0.2) is 0 Å². The van der Waals surface area contributed by atoms with Crippen LogP contribution in [0.25, 0.3) is 22.6 Å². The maximum atomic E-state index is 12.3. The summed E-state index contributed by atoms with van der Waals surface area (Å²) in [6.45, 7) is 4.28. The lowest BCUT2D eigenvalue weighted by atomic mass is 10.1. The predicted molar refractivity (Wildman–Crippen MR) is 103 cm³/mol. The largest absolute Gasteiger partial charge is 0.497 e. The van der Waals surface area contributed by atoms with Crippen LogP contribution in [0.3, 0.4) is 0 Å². The molecule has 7 nitrogen and oxygen atoms in total. The van der Waals surface area contributed by atoms with E-state index in [1.807, 2.05) is 56.3 Å². The molecule has 0 aliphatic heterocycles. The zero-order valence-corrected chi connectivity index (χ0v) is 15.8. The second-order valence-electron chi connectivity index (χ2n) is 6.50. The van der Waals surface area contributed by atoms with Gasteiger partial charge in [0, 0.05) is 17.5 Å². The molecule has 4 rings (SSSR count). The fourth-order valence-corrected chi connectivity index (χ4v) is 2.95. The second-order valence-corrected chi connectivity index (χ2v) is 6.50. The van der Waals surface area contributed by atoms with E-state index < -0.39 is 5.91 Å². The Bertz CT molecular complexity index is 1140. The van der Waals surface area contributed by atoms with Crippen LogP contribution >= 0.6 is 0 Å². The lowest BCUT2D eigenvalue weighted by molar-refractivity contribution is 0.0916. The van der Waals surface area contributed by atoms with Gasteiger partial charge in [0.25, 0.3) is 5.89 Å². The van der Waals surface area contributed by atoms with E-state index in [0.717, 1.165) is 33.4 Å². The number of ether oxygens (including phenoxy) is 1. The van der Waals surface area contributed by atoms with Crippen LogP contribution in [-0.2, 0) is 6.54 Å². The molecule has 2 heterocycles. The van der Waals surface area contributed by atoms with Gasteiger partial charge in [-0.2, -0.15) is 0 Å². The van der Waals surface area contributed by atoms with E-state index in [1.54, 1.807) is 7.11 Å². The Hall–Kier alpha value is -3.61. The summed E-state index contributed by atoms with van der Waals surface area (Å²) in [6.07, 6.45) is 0. The average molecular weight is 377 g/mol. The lowest BCUT2D eigenvalue weighted by Crippen LogP contribution is -2.23. The fourth-order valence-electron chi connectivity index (χ4n) is 2.95. The summed E-state index contributed by atoms with van der Waals surface area (Å²) in [4.78, 5) is 12.3. The van der Waals surface area contributed by atoms with Gasteiger partial charge in [-0.1, -0.05) is 23.8 Å². The number of amides is 1. The van der Waals surface area contributed by atoms with Crippen LogP contribution in [0.1, 0.15) is 27.4 Å². The molecule has 0 saturated carbocycles. The van der Waals surface area contributed by atoms with Gasteiger partial charge in [-0.15, -0.1) is 10.2 Å². The molecule has 142 valence electrons. The second kappa shape index (κ2) is 7.19. The van der Waals surface area contributed by atoms with E-state index in [0.29, 0.717) is 12.3 Å². The molecule has 7 heteroatoms. The van der Waals surface area contributed by atoms with Crippen LogP contribution in [0.4, 0.5) is 0 Å². The van der Waals surface area contributed by atoms with E-state index in [2.05, 4.69) is 15.5 Å². The molecule has 1 N–H and O–H groups in total. The van der Waals surface area contributed by atoms with Gasteiger partial charge in [0.1, 0.15) is 11.3 Å². The number of aryl methyl sites for hydroxylation is 2. The van der Waals surface area contributed by atoms with Crippen LogP contribution in [0.2, 0.25) is 0 Å². The number of hydrogen-bond acceptors (Lipinski definition) is 6. The van der Waals surface area contributed by atoms with Gasteiger partial charge < -0.3 is 18.9 Å². The lowest BCUT2D eigenvalue weighted by Gasteiger charge is -2.04.